The molecule has 5 rings (SSSR count). The summed E-state index contributed by atoms with van der Waals surface area (Å²) in [5.74, 6) is 1.45. The standard InChI is InChI=1S/C27H31N3O4S/c1-27(2)16-19(13-15-34-27)30-25-23(26(32)29-30)24(35-17-22(31)28-25)20-10-6-7-11-21(20)33-14-12-18-8-4-3-5-9-18/h3-11,19,24H,12-17H2,1-2H3,(H,28,31)(H,29,32)/t19-,24-/m0/s1. The lowest BCUT2D eigenvalue weighted by Crippen LogP contribution is -2.36. The van der Waals surface area contributed by atoms with Crippen LogP contribution in [0.2, 0.25) is 0 Å². The molecule has 2 N–H and O–H groups in total. The van der Waals surface area contributed by atoms with Gasteiger partial charge in [0, 0.05) is 18.6 Å². The lowest BCUT2D eigenvalue weighted by atomic mass is 9.94. The maximum atomic E-state index is 13.3. The maximum Gasteiger partial charge on any atom is 0.270 e. The van der Waals surface area contributed by atoms with Crippen LogP contribution in [0.25, 0.3) is 0 Å². The van der Waals surface area contributed by atoms with Gasteiger partial charge in [0.25, 0.3) is 5.56 Å². The molecule has 1 aromatic heterocycles. The number of nitrogens with one attached hydrogen (secondary N) is 2. The number of aromatic amines is 1. The molecular formula is C27H31N3O4S. The van der Waals surface area contributed by atoms with E-state index in [0.717, 1.165) is 30.6 Å². The Balaban J connectivity index is 1.47. The molecule has 0 aliphatic carbocycles. The van der Waals surface area contributed by atoms with Gasteiger partial charge in [-0.3, -0.25) is 19.4 Å². The van der Waals surface area contributed by atoms with Gasteiger partial charge in [-0.05, 0) is 38.3 Å². The number of anilines is 1. The van der Waals surface area contributed by atoms with E-state index in [1.165, 1.54) is 17.3 Å². The fourth-order valence-electron chi connectivity index (χ4n) is 4.94. The Labute approximate surface area is 209 Å². The normalized spacial score (nSPS) is 21.6. The largest absolute Gasteiger partial charge is 0.493 e. The van der Waals surface area contributed by atoms with Crippen molar-refractivity contribution in [2.24, 2.45) is 0 Å². The molecule has 0 bridgehead atoms. The number of para-hydroxylation sites is 1. The molecule has 1 fully saturated rings. The number of carbonyl (C=O) groups excluding carboxylic acids is 1. The van der Waals surface area contributed by atoms with Crippen molar-refractivity contribution in [1.82, 2.24) is 9.78 Å². The quantitative estimate of drug-likeness (QED) is 0.520. The molecule has 2 aliphatic rings. The first-order valence-electron chi connectivity index (χ1n) is 12.1. The smallest absolute Gasteiger partial charge is 0.270 e. The van der Waals surface area contributed by atoms with Gasteiger partial charge in [-0.2, -0.15) is 0 Å². The average Bonchev–Trinajstić information content (AvgIpc) is 3.05. The van der Waals surface area contributed by atoms with Crippen molar-refractivity contribution in [3.63, 3.8) is 0 Å². The van der Waals surface area contributed by atoms with Gasteiger partial charge in [0.15, 0.2) is 0 Å². The summed E-state index contributed by atoms with van der Waals surface area (Å²) in [5.41, 5.74) is 2.21. The van der Waals surface area contributed by atoms with Crippen LogP contribution in [0, 0.1) is 0 Å². The maximum absolute atomic E-state index is 13.3. The Bertz CT molecular complexity index is 1250. The van der Waals surface area contributed by atoms with Crippen molar-refractivity contribution in [1.29, 1.82) is 0 Å². The second-order valence-corrected chi connectivity index (χ2v) is 10.8. The number of aromatic nitrogens is 2. The Morgan fingerprint density at radius 1 is 1.11 bits per heavy atom. The SMILES string of the molecule is CC1(C)C[C@@H](n2[nH]c(=O)c3c2NC(=O)CS[C@H]3c2ccccc2OCCc2ccccc2)CCO1. The first-order chi connectivity index (χ1) is 16.9. The number of fused-ring (bicyclic) bond motifs is 1. The average molecular weight is 494 g/mol. The minimum Gasteiger partial charge on any atom is -0.493 e. The van der Waals surface area contributed by atoms with E-state index in [1.807, 2.05) is 47.1 Å². The molecule has 3 heterocycles. The van der Waals surface area contributed by atoms with Crippen LogP contribution in [0.4, 0.5) is 5.82 Å². The second-order valence-electron chi connectivity index (χ2n) is 9.69. The Morgan fingerprint density at radius 3 is 2.69 bits per heavy atom. The molecule has 0 unspecified atom stereocenters. The third-order valence-corrected chi connectivity index (χ3v) is 7.84. The molecule has 0 radical (unpaired) electrons. The highest BCUT2D eigenvalue weighted by Crippen LogP contribution is 2.44. The van der Waals surface area contributed by atoms with Crippen LogP contribution in [-0.2, 0) is 16.0 Å². The van der Waals surface area contributed by atoms with Crippen molar-refractivity contribution in [3.05, 3.63) is 81.6 Å². The summed E-state index contributed by atoms with van der Waals surface area (Å²) in [4.78, 5) is 26.0. The molecule has 1 saturated heterocycles. The lowest BCUT2D eigenvalue weighted by molar-refractivity contribution is -0.113. The molecule has 7 nitrogen and oxygen atoms in total. The monoisotopic (exact) mass is 493 g/mol. The molecule has 3 aromatic rings. The summed E-state index contributed by atoms with van der Waals surface area (Å²) in [6, 6.07) is 18.1. The van der Waals surface area contributed by atoms with Gasteiger partial charge in [-0.25, -0.2) is 0 Å². The zero-order valence-corrected chi connectivity index (χ0v) is 20.9. The Morgan fingerprint density at radius 2 is 1.89 bits per heavy atom. The zero-order valence-electron chi connectivity index (χ0n) is 20.1. The highest BCUT2D eigenvalue weighted by molar-refractivity contribution is 8.00. The van der Waals surface area contributed by atoms with Gasteiger partial charge in [0.2, 0.25) is 5.91 Å². The number of rotatable bonds is 6. The molecule has 2 aliphatic heterocycles. The summed E-state index contributed by atoms with van der Waals surface area (Å²) in [6.07, 6.45) is 2.30. The second kappa shape index (κ2) is 9.95. The summed E-state index contributed by atoms with van der Waals surface area (Å²) >= 11 is 1.46. The predicted octanol–water partition coefficient (Wildman–Crippen LogP) is 4.70. The number of benzene rings is 2. The van der Waals surface area contributed by atoms with Crippen LogP contribution in [0.3, 0.4) is 0 Å². The fourth-order valence-corrected chi connectivity index (χ4v) is 6.09. The van der Waals surface area contributed by atoms with Crippen molar-refractivity contribution in [2.45, 2.75) is 50.0 Å². The van der Waals surface area contributed by atoms with Gasteiger partial charge >= 0.3 is 0 Å². The Kier molecular flexibility index (Phi) is 6.75. The third-order valence-electron chi connectivity index (χ3n) is 6.59. The van der Waals surface area contributed by atoms with Crippen LogP contribution in [0.5, 0.6) is 5.75 Å². The molecule has 2 aromatic carbocycles. The van der Waals surface area contributed by atoms with Crippen LogP contribution in [-0.4, -0.2) is 40.3 Å². The number of H-pyrrole nitrogens is 1. The van der Waals surface area contributed by atoms with E-state index in [4.69, 9.17) is 9.47 Å². The number of amides is 1. The number of carbonyl (C=O) groups is 1. The zero-order chi connectivity index (χ0) is 24.4. The molecule has 35 heavy (non-hydrogen) atoms. The number of hydrogen-bond donors (Lipinski definition) is 2. The third kappa shape index (κ3) is 5.18. The van der Waals surface area contributed by atoms with Crippen LogP contribution in [0.15, 0.2) is 59.4 Å². The van der Waals surface area contributed by atoms with Gasteiger partial charge < -0.3 is 14.8 Å². The molecule has 1 amide bonds. The van der Waals surface area contributed by atoms with E-state index in [0.29, 0.717) is 24.6 Å². The summed E-state index contributed by atoms with van der Waals surface area (Å²) in [5, 5.41) is 5.72. The molecular weight excluding hydrogens is 462 g/mol. The van der Waals surface area contributed by atoms with Gasteiger partial charge in [-0.1, -0.05) is 48.5 Å². The molecule has 8 heteroatoms. The summed E-state index contributed by atoms with van der Waals surface area (Å²) in [7, 11) is 0. The molecule has 2 atom stereocenters. The van der Waals surface area contributed by atoms with E-state index >= 15 is 0 Å². The predicted molar refractivity (Wildman–Crippen MR) is 138 cm³/mol. The van der Waals surface area contributed by atoms with Gasteiger partial charge in [0.1, 0.15) is 11.6 Å². The summed E-state index contributed by atoms with van der Waals surface area (Å²) in [6.45, 7) is 5.24. The number of nitrogens with zero attached hydrogens (tertiary/aromatic N) is 1. The number of thioether (sulfide) groups is 1. The van der Waals surface area contributed by atoms with Crippen molar-refractivity contribution in [3.8, 4) is 5.75 Å². The van der Waals surface area contributed by atoms with Crippen molar-refractivity contribution >= 4 is 23.5 Å². The summed E-state index contributed by atoms with van der Waals surface area (Å²) < 4.78 is 13.9. The minimum absolute atomic E-state index is 0.0385. The van der Waals surface area contributed by atoms with E-state index in [1.54, 1.807) is 0 Å². The van der Waals surface area contributed by atoms with Crippen LogP contribution >= 0.6 is 11.8 Å². The van der Waals surface area contributed by atoms with E-state index < -0.39 is 0 Å². The Hall–Kier alpha value is -2.97. The van der Waals surface area contributed by atoms with Gasteiger partial charge in [-0.15, -0.1) is 11.8 Å². The molecule has 0 spiro atoms. The highest BCUT2D eigenvalue weighted by Gasteiger charge is 2.36. The topological polar surface area (TPSA) is 85.4 Å². The first-order valence-corrected chi connectivity index (χ1v) is 13.1. The number of ether oxygens (including phenoxy) is 2. The highest BCUT2D eigenvalue weighted by atomic mass is 32.2. The first kappa shape index (κ1) is 23.8. The fraction of sp³-hybridized carbons (Fsp3) is 0.407. The molecule has 184 valence electrons. The van der Waals surface area contributed by atoms with E-state index in [9.17, 15) is 9.59 Å². The van der Waals surface area contributed by atoms with E-state index in [-0.39, 0.29) is 34.1 Å². The lowest BCUT2D eigenvalue weighted by Gasteiger charge is -2.36. The van der Waals surface area contributed by atoms with E-state index in [2.05, 4.69) is 36.4 Å². The van der Waals surface area contributed by atoms with Gasteiger partial charge in [0.05, 0.1) is 34.8 Å². The van der Waals surface area contributed by atoms with Crippen LogP contribution in [0.1, 0.15) is 54.7 Å². The molecule has 0 saturated carbocycles. The van der Waals surface area contributed by atoms with Crippen LogP contribution < -0.4 is 15.6 Å². The minimum atomic E-state index is -0.324. The number of hydrogen-bond acceptors (Lipinski definition) is 5. The van der Waals surface area contributed by atoms with Crippen molar-refractivity contribution < 1.29 is 14.3 Å². The van der Waals surface area contributed by atoms with Crippen molar-refractivity contribution in [2.75, 3.05) is 24.3 Å².